The highest BCUT2D eigenvalue weighted by Gasteiger charge is 2.35. The van der Waals surface area contributed by atoms with Gasteiger partial charge in [-0.3, -0.25) is 0 Å². The van der Waals surface area contributed by atoms with Crippen LogP contribution in [-0.2, 0) is 0 Å². The molecule has 0 radical (unpaired) electrons. The van der Waals surface area contributed by atoms with Gasteiger partial charge in [-0.25, -0.2) is 0 Å². The van der Waals surface area contributed by atoms with Gasteiger partial charge < -0.3 is 0 Å². The Balaban J connectivity index is 2.07. The summed E-state index contributed by atoms with van der Waals surface area (Å²) in [5.41, 5.74) is 3.20. The van der Waals surface area contributed by atoms with Crippen LogP contribution in [0.15, 0.2) is 46.4 Å². The Labute approximate surface area is 89.5 Å². The van der Waals surface area contributed by atoms with Crippen LogP contribution >= 0.6 is 11.8 Å². The zero-order valence-electron chi connectivity index (χ0n) is 8.36. The number of hydrogen-bond donors (Lipinski definition) is 0. The van der Waals surface area contributed by atoms with E-state index in [2.05, 4.69) is 49.1 Å². The molecule has 0 bridgehead atoms. The molecular weight excluding hydrogens is 188 g/mol. The van der Waals surface area contributed by atoms with Crippen LogP contribution in [0.4, 0.5) is 0 Å². The molecule has 1 fully saturated rings. The largest absolute Gasteiger partial charge is 0.117 e. The van der Waals surface area contributed by atoms with Gasteiger partial charge in [-0.2, -0.15) is 0 Å². The maximum atomic E-state index is 2.45. The van der Waals surface area contributed by atoms with Crippen LogP contribution in [0.1, 0.15) is 19.8 Å². The maximum absolute atomic E-state index is 2.45. The van der Waals surface area contributed by atoms with Crippen molar-refractivity contribution in [2.45, 2.75) is 25.0 Å². The van der Waals surface area contributed by atoms with Crippen LogP contribution in [0, 0.1) is 5.92 Å². The lowest BCUT2D eigenvalue weighted by Gasteiger charge is -2.16. The number of allylic oxidation sites excluding steroid dienone is 6. The summed E-state index contributed by atoms with van der Waals surface area (Å²) in [4.78, 5) is 1.59. The van der Waals surface area contributed by atoms with Gasteiger partial charge in [0.15, 0.2) is 0 Å². The van der Waals surface area contributed by atoms with Crippen LogP contribution < -0.4 is 0 Å². The van der Waals surface area contributed by atoms with Crippen LogP contribution in [0.2, 0.25) is 0 Å². The third-order valence-electron chi connectivity index (χ3n) is 3.23. The molecule has 0 spiro atoms. The molecule has 1 saturated heterocycles. The standard InChI is InChI=1S/C13H14S/c1-9-5-4-7-11-10-6-2-3-8-12(10)14-13(9)11/h2-3,6-8,10,12H,4-5H2,1H3. The lowest BCUT2D eigenvalue weighted by Crippen LogP contribution is -2.10. The maximum Gasteiger partial charge on any atom is 0.0381 e. The fourth-order valence-corrected chi connectivity index (χ4v) is 3.95. The smallest absolute Gasteiger partial charge is 0.0381 e. The van der Waals surface area contributed by atoms with Crippen molar-refractivity contribution in [3.05, 3.63) is 46.4 Å². The highest BCUT2D eigenvalue weighted by molar-refractivity contribution is 8.04. The summed E-state index contributed by atoms with van der Waals surface area (Å²) >= 11 is 2.06. The molecule has 1 heteroatoms. The molecule has 0 aromatic carbocycles. The molecule has 72 valence electrons. The van der Waals surface area contributed by atoms with Gasteiger partial charge in [-0.05, 0) is 25.3 Å². The predicted molar refractivity (Wildman–Crippen MR) is 63.2 cm³/mol. The highest BCUT2D eigenvalue weighted by Crippen LogP contribution is 2.51. The topological polar surface area (TPSA) is 0 Å². The monoisotopic (exact) mass is 202 g/mol. The van der Waals surface area contributed by atoms with Crippen molar-refractivity contribution in [1.82, 2.24) is 0 Å². The lowest BCUT2D eigenvalue weighted by molar-refractivity contribution is 0.797. The number of fused-ring (bicyclic) bond motifs is 3. The van der Waals surface area contributed by atoms with Crippen LogP contribution in [0.3, 0.4) is 0 Å². The van der Waals surface area contributed by atoms with E-state index in [1.54, 1.807) is 16.1 Å². The zero-order chi connectivity index (χ0) is 9.54. The van der Waals surface area contributed by atoms with E-state index >= 15 is 0 Å². The van der Waals surface area contributed by atoms with Gasteiger partial charge >= 0.3 is 0 Å². The molecule has 0 amide bonds. The van der Waals surface area contributed by atoms with Gasteiger partial charge in [0.25, 0.3) is 0 Å². The quantitative estimate of drug-likeness (QED) is 0.575. The molecule has 2 unspecified atom stereocenters. The molecule has 14 heavy (non-hydrogen) atoms. The van der Waals surface area contributed by atoms with Gasteiger partial charge in [-0.1, -0.05) is 36.0 Å². The first-order valence-electron chi connectivity index (χ1n) is 5.28. The summed E-state index contributed by atoms with van der Waals surface area (Å²) in [6.45, 7) is 2.29. The fourth-order valence-electron chi connectivity index (χ4n) is 2.47. The average molecular weight is 202 g/mol. The predicted octanol–water partition coefficient (Wildman–Crippen LogP) is 3.84. The van der Waals surface area contributed by atoms with Crippen molar-refractivity contribution in [2.24, 2.45) is 5.92 Å². The highest BCUT2D eigenvalue weighted by atomic mass is 32.2. The van der Waals surface area contributed by atoms with E-state index in [0.29, 0.717) is 11.2 Å². The minimum Gasteiger partial charge on any atom is -0.117 e. The Bertz CT molecular complexity index is 382. The van der Waals surface area contributed by atoms with Gasteiger partial charge in [0, 0.05) is 16.1 Å². The van der Waals surface area contributed by atoms with Crippen LogP contribution in [0.25, 0.3) is 0 Å². The van der Waals surface area contributed by atoms with E-state index in [1.165, 1.54) is 12.8 Å². The molecule has 0 saturated carbocycles. The minimum absolute atomic E-state index is 0.662. The van der Waals surface area contributed by atoms with Crippen molar-refractivity contribution >= 4 is 11.8 Å². The SMILES string of the molecule is CC1=C2SC3C=CC=CC3C2=CCC1. The van der Waals surface area contributed by atoms with Gasteiger partial charge in [0.1, 0.15) is 0 Å². The van der Waals surface area contributed by atoms with E-state index < -0.39 is 0 Å². The van der Waals surface area contributed by atoms with E-state index in [0.717, 1.165) is 0 Å². The first-order valence-corrected chi connectivity index (χ1v) is 6.16. The normalized spacial score (nSPS) is 34.2. The van der Waals surface area contributed by atoms with Crippen LogP contribution in [0.5, 0.6) is 0 Å². The Morgan fingerprint density at radius 3 is 3.07 bits per heavy atom. The van der Waals surface area contributed by atoms with Crippen molar-refractivity contribution < 1.29 is 0 Å². The van der Waals surface area contributed by atoms with Crippen molar-refractivity contribution in [3.63, 3.8) is 0 Å². The minimum atomic E-state index is 0.662. The molecule has 1 aliphatic heterocycles. The molecule has 3 aliphatic rings. The van der Waals surface area contributed by atoms with E-state index in [9.17, 15) is 0 Å². The molecule has 2 atom stereocenters. The number of thioether (sulfide) groups is 1. The number of hydrogen-bond acceptors (Lipinski definition) is 1. The Hall–Kier alpha value is -0.690. The fraction of sp³-hybridized carbons (Fsp3) is 0.385. The van der Waals surface area contributed by atoms with Gasteiger partial charge in [0.05, 0.1) is 0 Å². The molecule has 2 aliphatic carbocycles. The summed E-state index contributed by atoms with van der Waals surface area (Å²) in [7, 11) is 0. The third-order valence-corrected chi connectivity index (χ3v) is 4.77. The van der Waals surface area contributed by atoms with Crippen molar-refractivity contribution in [1.29, 1.82) is 0 Å². The van der Waals surface area contributed by atoms with E-state index in [4.69, 9.17) is 0 Å². The summed E-state index contributed by atoms with van der Waals surface area (Å²) in [5.74, 6) is 0.662. The molecule has 1 heterocycles. The van der Waals surface area contributed by atoms with Gasteiger partial charge in [0.2, 0.25) is 0 Å². The Kier molecular flexibility index (Phi) is 1.94. The molecule has 0 nitrogen and oxygen atoms in total. The molecule has 3 rings (SSSR count). The Morgan fingerprint density at radius 2 is 2.14 bits per heavy atom. The van der Waals surface area contributed by atoms with E-state index in [1.807, 2.05) is 0 Å². The second-order valence-corrected chi connectivity index (χ2v) is 5.37. The summed E-state index contributed by atoms with van der Waals surface area (Å²) in [6.07, 6.45) is 14.0. The molecular formula is C13H14S. The first-order chi connectivity index (χ1) is 6.86. The lowest BCUT2D eigenvalue weighted by atomic mass is 9.87. The summed E-state index contributed by atoms with van der Waals surface area (Å²) in [6, 6.07) is 0. The van der Waals surface area contributed by atoms with E-state index in [-0.39, 0.29) is 0 Å². The van der Waals surface area contributed by atoms with Gasteiger partial charge in [-0.15, -0.1) is 11.8 Å². The molecule has 0 N–H and O–H groups in total. The molecule has 0 aromatic rings. The Morgan fingerprint density at radius 1 is 1.29 bits per heavy atom. The second-order valence-electron chi connectivity index (χ2n) is 4.19. The first kappa shape index (κ1) is 8.60. The average Bonchev–Trinajstić information content (AvgIpc) is 2.59. The second kappa shape index (κ2) is 3.16. The third kappa shape index (κ3) is 1.15. The summed E-state index contributed by atoms with van der Waals surface area (Å²) in [5, 5.41) is 0.675. The van der Waals surface area contributed by atoms with Crippen LogP contribution in [-0.4, -0.2) is 5.25 Å². The zero-order valence-corrected chi connectivity index (χ0v) is 9.18. The summed E-state index contributed by atoms with van der Waals surface area (Å²) < 4.78 is 0. The molecule has 0 aromatic heterocycles. The van der Waals surface area contributed by atoms with Crippen molar-refractivity contribution in [2.75, 3.05) is 0 Å². The van der Waals surface area contributed by atoms with Crippen molar-refractivity contribution in [3.8, 4) is 0 Å². The number of rotatable bonds is 0.